The second-order valence-corrected chi connectivity index (χ2v) is 5.69. The van der Waals surface area contributed by atoms with E-state index in [2.05, 4.69) is 26.0 Å². The zero-order valence-corrected chi connectivity index (χ0v) is 14.8. The van der Waals surface area contributed by atoms with E-state index in [-0.39, 0.29) is 5.91 Å². The number of benzene rings is 2. The van der Waals surface area contributed by atoms with Crippen molar-refractivity contribution in [3.63, 3.8) is 0 Å². The number of esters is 1. The standard InChI is InChI=1S/C17H15BBrNO4/c1-3-24-15-13(18)8-12(9-14(15)19)20-16(21)10-4-6-11(7-5-10)17(22)23-2/h4-9H,3H2,1-2H3,(H,20,21). The number of carbonyl (C=O) groups is 2. The van der Waals surface area contributed by atoms with Crippen LogP contribution in [0.1, 0.15) is 27.6 Å². The monoisotopic (exact) mass is 387 g/mol. The molecule has 2 radical (unpaired) electrons. The van der Waals surface area contributed by atoms with Crippen LogP contribution in [-0.2, 0) is 4.74 Å². The van der Waals surface area contributed by atoms with E-state index in [0.29, 0.717) is 39.1 Å². The Morgan fingerprint density at radius 1 is 1.17 bits per heavy atom. The van der Waals surface area contributed by atoms with Crippen molar-refractivity contribution in [3.05, 3.63) is 52.0 Å². The van der Waals surface area contributed by atoms with Crippen LogP contribution in [0, 0.1) is 0 Å². The van der Waals surface area contributed by atoms with Gasteiger partial charge in [0.25, 0.3) is 5.91 Å². The number of hydrogen-bond acceptors (Lipinski definition) is 4. The Hall–Kier alpha value is -2.28. The Labute approximate surface area is 149 Å². The lowest BCUT2D eigenvalue weighted by atomic mass is 9.94. The Kier molecular flexibility index (Phi) is 6.03. The van der Waals surface area contributed by atoms with Crippen molar-refractivity contribution in [2.75, 3.05) is 19.0 Å². The quantitative estimate of drug-likeness (QED) is 0.632. The molecule has 0 saturated heterocycles. The number of carbonyl (C=O) groups excluding carboxylic acids is 2. The number of ether oxygens (including phenoxy) is 2. The number of amides is 1. The van der Waals surface area contributed by atoms with E-state index in [0.717, 1.165) is 0 Å². The highest BCUT2D eigenvalue weighted by Crippen LogP contribution is 2.26. The summed E-state index contributed by atoms with van der Waals surface area (Å²) in [6, 6.07) is 9.49. The molecular weight excluding hydrogens is 373 g/mol. The molecule has 2 aromatic rings. The number of anilines is 1. The minimum absolute atomic E-state index is 0.318. The van der Waals surface area contributed by atoms with Gasteiger partial charge in [-0.05, 0) is 59.3 Å². The Morgan fingerprint density at radius 3 is 2.33 bits per heavy atom. The summed E-state index contributed by atoms with van der Waals surface area (Å²) in [6.45, 7) is 2.35. The van der Waals surface area contributed by atoms with E-state index in [4.69, 9.17) is 12.6 Å². The van der Waals surface area contributed by atoms with E-state index in [9.17, 15) is 9.59 Å². The van der Waals surface area contributed by atoms with Crippen molar-refractivity contribution >= 4 is 46.8 Å². The average molecular weight is 388 g/mol. The average Bonchev–Trinajstić information content (AvgIpc) is 2.57. The molecule has 7 heteroatoms. The summed E-state index contributed by atoms with van der Waals surface area (Å²) in [5.74, 6) is -0.231. The van der Waals surface area contributed by atoms with E-state index in [1.54, 1.807) is 24.3 Å². The van der Waals surface area contributed by atoms with Crippen LogP contribution in [0.2, 0.25) is 0 Å². The van der Waals surface area contributed by atoms with Crippen LogP contribution < -0.4 is 15.5 Å². The topological polar surface area (TPSA) is 64.6 Å². The summed E-state index contributed by atoms with van der Waals surface area (Å²) < 4.78 is 10.7. The maximum Gasteiger partial charge on any atom is 0.337 e. The van der Waals surface area contributed by atoms with Crippen molar-refractivity contribution in [1.29, 1.82) is 0 Å². The van der Waals surface area contributed by atoms with Crippen LogP contribution in [-0.4, -0.2) is 33.4 Å². The number of nitrogens with one attached hydrogen (secondary N) is 1. The fourth-order valence-corrected chi connectivity index (χ4v) is 2.65. The fourth-order valence-electron chi connectivity index (χ4n) is 2.06. The highest BCUT2D eigenvalue weighted by Gasteiger charge is 2.12. The molecular formula is C17H15BBrNO4. The molecule has 0 fully saturated rings. The van der Waals surface area contributed by atoms with Crippen molar-refractivity contribution in [3.8, 4) is 5.75 Å². The molecule has 0 atom stereocenters. The Morgan fingerprint density at radius 2 is 1.79 bits per heavy atom. The first kappa shape index (κ1) is 18.1. The molecule has 1 amide bonds. The van der Waals surface area contributed by atoms with Gasteiger partial charge in [0.15, 0.2) is 0 Å². The number of methoxy groups -OCH3 is 1. The maximum atomic E-state index is 12.3. The molecule has 5 nitrogen and oxygen atoms in total. The van der Waals surface area contributed by atoms with Gasteiger partial charge < -0.3 is 14.8 Å². The summed E-state index contributed by atoms with van der Waals surface area (Å²) in [4.78, 5) is 23.7. The highest BCUT2D eigenvalue weighted by atomic mass is 79.9. The largest absolute Gasteiger partial charge is 0.493 e. The van der Waals surface area contributed by atoms with E-state index < -0.39 is 5.97 Å². The second-order valence-electron chi connectivity index (χ2n) is 4.83. The predicted molar refractivity (Wildman–Crippen MR) is 96.4 cm³/mol. The highest BCUT2D eigenvalue weighted by molar-refractivity contribution is 9.10. The molecule has 0 bridgehead atoms. The molecule has 1 N–H and O–H groups in total. The first-order chi connectivity index (χ1) is 11.5. The van der Waals surface area contributed by atoms with E-state index in [1.807, 2.05) is 6.92 Å². The summed E-state index contributed by atoms with van der Waals surface area (Å²) >= 11 is 3.37. The van der Waals surface area contributed by atoms with Crippen molar-refractivity contribution in [1.82, 2.24) is 0 Å². The van der Waals surface area contributed by atoms with Crippen molar-refractivity contribution < 1.29 is 19.1 Å². The molecule has 0 aliphatic carbocycles. The van der Waals surface area contributed by atoms with Crippen LogP contribution in [0.3, 0.4) is 0 Å². The molecule has 0 saturated carbocycles. The van der Waals surface area contributed by atoms with E-state index in [1.165, 1.54) is 19.2 Å². The number of hydrogen-bond donors (Lipinski definition) is 1. The SMILES string of the molecule is [B]c1cc(NC(=O)c2ccc(C(=O)OC)cc2)cc(Br)c1OCC. The molecule has 0 aromatic heterocycles. The van der Waals surface area contributed by atoms with Gasteiger partial charge in [-0.3, -0.25) is 4.79 Å². The zero-order chi connectivity index (χ0) is 17.7. The zero-order valence-electron chi connectivity index (χ0n) is 13.3. The van der Waals surface area contributed by atoms with Gasteiger partial charge in [-0.15, -0.1) is 0 Å². The van der Waals surface area contributed by atoms with Crippen LogP contribution in [0.15, 0.2) is 40.9 Å². The molecule has 2 rings (SSSR count). The maximum absolute atomic E-state index is 12.3. The molecule has 0 aliphatic rings. The van der Waals surface area contributed by atoms with Gasteiger partial charge in [-0.2, -0.15) is 0 Å². The smallest absolute Gasteiger partial charge is 0.337 e. The summed E-state index contributed by atoms with van der Waals surface area (Å²) in [7, 11) is 7.24. The molecule has 0 unspecified atom stereocenters. The van der Waals surface area contributed by atoms with Gasteiger partial charge in [-0.25, -0.2) is 4.79 Å². The third-order valence-corrected chi connectivity index (χ3v) is 3.78. The van der Waals surface area contributed by atoms with Gasteiger partial charge in [0, 0.05) is 11.3 Å². The summed E-state index contributed by atoms with van der Waals surface area (Å²) in [6.07, 6.45) is 0. The first-order valence-electron chi connectivity index (χ1n) is 7.17. The minimum atomic E-state index is -0.454. The minimum Gasteiger partial charge on any atom is -0.493 e. The van der Waals surface area contributed by atoms with Crippen molar-refractivity contribution in [2.45, 2.75) is 6.92 Å². The second kappa shape index (κ2) is 8.01. The Balaban J connectivity index is 2.16. The Bertz CT molecular complexity index is 739. The predicted octanol–water partition coefficient (Wildman–Crippen LogP) is 2.68. The number of halogens is 1. The van der Waals surface area contributed by atoms with Gasteiger partial charge in [0.05, 0.1) is 23.8 Å². The van der Waals surface area contributed by atoms with Gasteiger partial charge in [-0.1, -0.05) is 5.46 Å². The van der Waals surface area contributed by atoms with Crippen LogP contribution in [0.5, 0.6) is 5.75 Å². The fraction of sp³-hybridized carbons (Fsp3) is 0.176. The van der Waals surface area contributed by atoms with Gasteiger partial charge in [0.1, 0.15) is 13.6 Å². The van der Waals surface area contributed by atoms with Crippen LogP contribution in [0.4, 0.5) is 5.69 Å². The normalized spacial score (nSPS) is 10.1. The molecule has 122 valence electrons. The molecule has 0 spiro atoms. The third-order valence-electron chi connectivity index (χ3n) is 3.19. The first-order valence-corrected chi connectivity index (χ1v) is 7.97. The van der Waals surface area contributed by atoms with Crippen molar-refractivity contribution in [2.24, 2.45) is 0 Å². The van der Waals surface area contributed by atoms with Crippen LogP contribution in [0.25, 0.3) is 0 Å². The molecule has 0 aliphatic heterocycles. The third kappa shape index (κ3) is 4.17. The summed E-state index contributed by atoms with van der Waals surface area (Å²) in [5, 5.41) is 2.75. The number of rotatable bonds is 5. The van der Waals surface area contributed by atoms with E-state index >= 15 is 0 Å². The molecule has 2 aromatic carbocycles. The molecule has 24 heavy (non-hydrogen) atoms. The van der Waals surface area contributed by atoms with Crippen LogP contribution >= 0.6 is 15.9 Å². The summed E-state index contributed by atoms with van der Waals surface area (Å²) in [5.41, 5.74) is 1.74. The van der Waals surface area contributed by atoms with Gasteiger partial charge in [0.2, 0.25) is 0 Å². The lowest BCUT2D eigenvalue weighted by Crippen LogP contribution is -2.16. The van der Waals surface area contributed by atoms with Gasteiger partial charge >= 0.3 is 5.97 Å². The lowest BCUT2D eigenvalue weighted by Gasteiger charge is -2.13. The molecule has 0 heterocycles. The lowest BCUT2D eigenvalue weighted by molar-refractivity contribution is 0.0600.